The van der Waals surface area contributed by atoms with Gasteiger partial charge in [0.2, 0.25) is 100 Å². The zero-order chi connectivity index (χ0) is 102. The molecule has 1 aromatic heterocycles. The molecule has 0 fully saturated rings. The maximum absolute atomic E-state index is 15.1. The molecule has 2 aromatic carbocycles. The van der Waals surface area contributed by atoms with Crippen molar-refractivity contribution in [2.45, 2.75) is 269 Å². The monoisotopic (exact) mass is 1920 g/mol. The molecule has 16 atom stereocenters. The summed E-state index contributed by atoms with van der Waals surface area (Å²) in [6.45, 7) is 15.8. The summed E-state index contributed by atoms with van der Waals surface area (Å²) in [6.07, 6.45) is -1.98. The number of H-pyrrole nitrogens is 1. The van der Waals surface area contributed by atoms with E-state index in [0.29, 0.717) is 11.1 Å². The smallest absolute Gasteiger partial charge is 0.245 e. The second-order valence-corrected chi connectivity index (χ2v) is 34.8. The fourth-order valence-corrected chi connectivity index (χ4v) is 13.8. The fourth-order valence-electron chi connectivity index (χ4n) is 13.8. The molecule has 0 saturated heterocycles. The van der Waals surface area contributed by atoms with E-state index in [4.69, 9.17) is 50.6 Å². The predicted octanol–water partition coefficient (Wildman–Crippen LogP) is -7.78. The lowest BCUT2D eigenvalue weighted by molar-refractivity contribution is -0.138. The van der Waals surface area contributed by atoms with Gasteiger partial charge >= 0.3 is 0 Å². The van der Waals surface area contributed by atoms with Crippen LogP contribution in [0.1, 0.15) is 170 Å². The number of carbonyl (C=O) groups excluding carboxylic acids is 17. The molecule has 0 spiro atoms. The van der Waals surface area contributed by atoms with Crippen LogP contribution in [-0.2, 0) is 101 Å². The largest absolute Gasteiger partial charge is 0.508 e. The molecule has 3 rings (SSSR count). The Bertz CT molecular complexity index is 4500. The summed E-state index contributed by atoms with van der Waals surface area (Å²) in [4.78, 5) is 245. The van der Waals surface area contributed by atoms with Crippen LogP contribution in [0, 0.1) is 39.9 Å². The van der Waals surface area contributed by atoms with Crippen LogP contribution in [0.2, 0.25) is 0 Å². The summed E-state index contributed by atoms with van der Waals surface area (Å²) >= 11 is 0. The van der Waals surface area contributed by atoms with Crippen LogP contribution < -0.4 is 130 Å². The van der Waals surface area contributed by atoms with Crippen LogP contribution >= 0.6 is 0 Å². The van der Waals surface area contributed by atoms with Gasteiger partial charge in [0.25, 0.3) is 0 Å². The molecule has 0 aliphatic carbocycles. The number of aliphatic hydroxyl groups is 2. The standard InChI is InChI=1S/C86H141N29O21/c1-42(2)31-59(109-81(134)65(40-116)113-71(124)46(9)102-48(11)118)75(128)104-55(16-13-29-98-85(92)93)74(127)111-63(36-52-38-96-41-101-52)78(131)110-62(35-50-20-24-54(120)25-21-50)77(130)107-60(32-43(3)4)76(129)112-64(37-67(88)122)79(132)108-61(33-44(5)6)80(133)114-68(45(7)8)82(135)115-69(47(10)117)83(136)106-56(17-14-30-99-86(94)95)73(126)105-57(26-27-66(87)121)72(125)103-51(15-12-28-97-84(90)91)39-100-58(70(89)123)34-49-18-22-53(119)23-19-49/h18-25,38,41-47,51,55-65,68-69,100,116-117,119-120H,12-17,26-37,39-40H2,1-11H3,(H2,87,121)(H2,88,122)(H2,89,123)(H,96,101)(H,102,118)(H,103,125)(H,104,128)(H,105,126)(H,106,136)(H,107,130)(H,108,132)(H,109,134)(H,110,131)(H,111,127)(H,112,129)(H,113,124)(H,114,133)(H,115,135)(H4,90,91,97)(H4,92,93,98)(H4,94,95,99)/t46-,47+,51-,55-,56-,57-,58-,59-,60-,61-,62-,63-,64-,65-,68-,69-/m0/s1. The summed E-state index contributed by atoms with van der Waals surface area (Å²) in [5, 5.41) is 111. The lowest BCUT2D eigenvalue weighted by atomic mass is 9.98. The normalized spacial score (nSPS) is 14.7. The molecule has 0 aliphatic rings. The van der Waals surface area contributed by atoms with Gasteiger partial charge in [-0.2, -0.15) is 0 Å². The highest BCUT2D eigenvalue weighted by molar-refractivity contribution is 6.01. The number of nitrogens with zero attached hydrogens (tertiary/aromatic N) is 1. The molecule has 3 aromatic rings. The Morgan fingerprint density at radius 3 is 1.14 bits per heavy atom. The molecule has 0 unspecified atom stereocenters. The van der Waals surface area contributed by atoms with E-state index in [0.717, 1.165) is 13.8 Å². The van der Waals surface area contributed by atoms with Crippen molar-refractivity contribution in [2.24, 2.45) is 58.1 Å². The van der Waals surface area contributed by atoms with Crippen LogP contribution in [0.15, 0.2) is 61.1 Å². The third kappa shape index (κ3) is 45.1. The number of imidazole rings is 1. The van der Waals surface area contributed by atoms with Crippen LogP contribution in [0.4, 0.5) is 0 Å². The molecule has 50 heteroatoms. The Labute approximate surface area is 788 Å². The summed E-state index contributed by atoms with van der Waals surface area (Å²) in [5.74, 6) is -20.1. The molecule has 38 N–H and O–H groups in total. The third-order valence-corrected chi connectivity index (χ3v) is 20.9. The molecule has 1 heterocycles. The number of guanidine groups is 3. The highest BCUT2D eigenvalue weighted by Gasteiger charge is 2.40. The second-order valence-electron chi connectivity index (χ2n) is 34.8. The first-order chi connectivity index (χ1) is 63.9. The Kier molecular flexibility index (Phi) is 50.8. The second kappa shape index (κ2) is 59.5. The Balaban J connectivity index is 2.02. The van der Waals surface area contributed by atoms with Gasteiger partial charge in [0, 0.05) is 64.6 Å². The Morgan fingerprint density at radius 1 is 0.390 bits per heavy atom. The number of aromatic nitrogens is 2. The summed E-state index contributed by atoms with van der Waals surface area (Å²) in [7, 11) is 0. The van der Waals surface area contributed by atoms with E-state index in [2.05, 4.69) is 106 Å². The number of hydrogen-bond donors (Lipinski definition) is 32. The van der Waals surface area contributed by atoms with Crippen LogP contribution in [0.3, 0.4) is 0 Å². The number of aromatic amines is 1. The van der Waals surface area contributed by atoms with Gasteiger partial charge in [-0.1, -0.05) is 79.7 Å². The maximum Gasteiger partial charge on any atom is 0.245 e. The average Bonchev–Trinajstić information content (AvgIpc) is 1.06. The lowest BCUT2D eigenvalue weighted by Crippen LogP contribution is -2.63. The average molecular weight is 1920 g/mol. The van der Waals surface area contributed by atoms with Gasteiger partial charge in [0.1, 0.15) is 90.0 Å². The molecular formula is C86H141N29O21. The van der Waals surface area contributed by atoms with Crippen molar-refractivity contribution in [2.75, 3.05) is 32.8 Å². The number of rotatable bonds is 63. The van der Waals surface area contributed by atoms with E-state index < -0.39 is 253 Å². The topological polar surface area (TPSA) is 844 Å². The van der Waals surface area contributed by atoms with Gasteiger partial charge in [-0.25, -0.2) is 4.98 Å². The number of amides is 17. The van der Waals surface area contributed by atoms with Crippen molar-refractivity contribution in [3.63, 3.8) is 0 Å². The van der Waals surface area contributed by atoms with E-state index in [-0.39, 0.29) is 132 Å². The van der Waals surface area contributed by atoms with Crippen molar-refractivity contribution in [1.82, 2.24) is 106 Å². The van der Waals surface area contributed by atoms with E-state index in [1.54, 1.807) is 53.7 Å². The van der Waals surface area contributed by atoms with Gasteiger partial charge in [-0.3, -0.25) is 97.7 Å². The Morgan fingerprint density at radius 2 is 0.743 bits per heavy atom. The molecule has 0 bridgehead atoms. The van der Waals surface area contributed by atoms with Crippen LogP contribution in [0.5, 0.6) is 11.5 Å². The molecule has 136 heavy (non-hydrogen) atoms. The molecule has 50 nitrogen and oxygen atoms in total. The number of aromatic hydroxyl groups is 2. The number of nitrogens with one attached hydrogen (secondary N) is 22. The van der Waals surface area contributed by atoms with Crippen LogP contribution in [-0.4, -0.2) is 278 Å². The maximum atomic E-state index is 15.1. The minimum atomic E-state index is -1.92. The third-order valence-electron chi connectivity index (χ3n) is 20.9. The zero-order valence-electron chi connectivity index (χ0n) is 78.6. The van der Waals surface area contributed by atoms with Gasteiger partial charge in [0.05, 0.1) is 37.2 Å². The van der Waals surface area contributed by atoms with Crippen molar-refractivity contribution in [3.05, 3.63) is 77.9 Å². The summed E-state index contributed by atoms with van der Waals surface area (Å²) in [6, 6.07) is -11.3. The number of primary amides is 3. The number of aliphatic hydroxyl groups excluding tert-OH is 2. The first-order valence-corrected chi connectivity index (χ1v) is 44.7. The van der Waals surface area contributed by atoms with Crippen molar-refractivity contribution in [1.29, 1.82) is 16.2 Å². The summed E-state index contributed by atoms with van der Waals surface area (Å²) < 4.78 is 0. The molecule has 0 radical (unpaired) electrons. The molecule has 756 valence electrons. The number of phenols is 2. The molecule has 0 saturated carbocycles. The van der Waals surface area contributed by atoms with Crippen molar-refractivity contribution >= 4 is 118 Å². The van der Waals surface area contributed by atoms with E-state index in [1.165, 1.54) is 69.7 Å². The zero-order valence-corrected chi connectivity index (χ0v) is 78.6. The lowest BCUT2D eigenvalue weighted by Gasteiger charge is -2.30. The van der Waals surface area contributed by atoms with Crippen molar-refractivity contribution in [3.8, 4) is 11.5 Å². The number of benzene rings is 2. The number of hydrogen-bond acceptors (Lipinski definition) is 26. The van der Waals surface area contributed by atoms with E-state index >= 15 is 9.59 Å². The number of nitrogens with two attached hydrogens (primary N) is 6. The highest BCUT2D eigenvalue weighted by Crippen LogP contribution is 2.19. The SMILES string of the molecule is CC(=O)N[C@@H](C)C(=O)N[C@@H](CO)C(=O)N[C@@H](CC(C)C)C(=O)N[C@@H](CCCNC(=N)N)C(=O)N[C@@H](Cc1c[nH]cn1)C(=O)N[C@@H](Cc1ccc(O)cc1)C(=O)N[C@@H](CC(C)C)C(=O)N[C@@H](CC(N)=O)C(=O)N[C@@H](CC(C)C)C(=O)N[C@H](C(=O)N[C@H](C(=O)N[C@@H](CCCNC(=N)N)C(=O)N[C@@H](CCC(N)=O)C(=O)N[C@@H](CCCNC(=N)N)CN[C@@H](Cc1ccc(O)cc1)C(N)=O)[C@@H](C)O)C(C)C. The van der Waals surface area contributed by atoms with Crippen LogP contribution in [0.25, 0.3) is 0 Å². The highest BCUT2D eigenvalue weighted by atomic mass is 16.3. The number of phenolic OH excluding ortho intramolecular Hbond substituents is 2. The van der Waals surface area contributed by atoms with Crippen molar-refractivity contribution < 1.29 is 102 Å². The predicted molar refractivity (Wildman–Crippen MR) is 497 cm³/mol. The first kappa shape index (κ1) is 116. The van der Waals surface area contributed by atoms with Gasteiger partial charge in [-0.05, 0) is 144 Å². The summed E-state index contributed by atoms with van der Waals surface area (Å²) in [5.41, 5.74) is 34.7. The first-order valence-electron chi connectivity index (χ1n) is 44.7. The fraction of sp³-hybridized carbons (Fsp3) is 0.593. The van der Waals surface area contributed by atoms with Gasteiger partial charge in [-0.15, -0.1) is 0 Å². The Hall–Kier alpha value is -14.1. The minimum Gasteiger partial charge on any atom is -0.508 e. The van der Waals surface area contributed by atoms with Gasteiger partial charge < -0.3 is 156 Å². The molecule has 0 aliphatic heterocycles. The number of carbonyl (C=O) groups is 17. The molecular weight excluding hydrogens is 1780 g/mol. The quantitative estimate of drug-likeness (QED) is 0.0142. The van der Waals surface area contributed by atoms with E-state index in [9.17, 15) is 92.3 Å². The van der Waals surface area contributed by atoms with E-state index in [1.807, 2.05) is 0 Å². The minimum absolute atomic E-state index is 0.00378. The van der Waals surface area contributed by atoms with Gasteiger partial charge in [0.15, 0.2) is 17.9 Å². The molecule has 17 amide bonds.